The van der Waals surface area contributed by atoms with E-state index < -0.39 is 53.8 Å². The van der Waals surface area contributed by atoms with E-state index in [4.69, 9.17) is 11.5 Å². The fourth-order valence-electron chi connectivity index (χ4n) is 5.14. The molecular formula is C34H38N6O7. The minimum atomic E-state index is -1.35. The summed E-state index contributed by atoms with van der Waals surface area (Å²) in [6.45, 7) is 0. The molecule has 0 saturated heterocycles. The number of aromatic nitrogens is 1. The van der Waals surface area contributed by atoms with Crippen LogP contribution in [0.3, 0.4) is 0 Å². The number of para-hydroxylation sites is 1. The molecule has 0 bridgehead atoms. The van der Waals surface area contributed by atoms with Gasteiger partial charge in [0.1, 0.15) is 23.9 Å². The summed E-state index contributed by atoms with van der Waals surface area (Å²) in [5.74, 6) is -4.15. The number of fused-ring (bicyclic) bond motifs is 1. The first-order valence-electron chi connectivity index (χ1n) is 15.0. The van der Waals surface area contributed by atoms with Crippen molar-refractivity contribution in [2.24, 2.45) is 11.5 Å². The van der Waals surface area contributed by atoms with E-state index in [1.807, 2.05) is 24.3 Å². The van der Waals surface area contributed by atoms with Gasteiger partial charge in [-0.25, -0.2) is 4.79 Å². The Morgan fingerprint density at radius 1 is 0.702 bits per heavy atom. The summed E-state index contributed by atoms with van der Waals surface area (Å²) in [6, 6.07) is 17.5. The van der Waals surface area contributed by atoms with Crippen LogP contribution in [0.2, 0.25) is 0 Å². The van der Waals surface area contributed by atoms with Gasteiger partial charge in [-0.1, -0.05) is 60.7 Å². The largest absolute Gasteiger partial charge is 0.508 e. The first-order valence-corrected chi connectivity index (χ1v) is 15.0. The number of carboxylic acid groups (broad SMARTS) is 1. The number of carbonyl (C=O) groups is 5. The van der Waals surface area contributed by atoms with Gasteiger partial charge < -0.3 is 42.6 Å². The van der Waals surface area contributed by atoms with Crippen molar-refractivity contribution in [3.8, 4) is 5.75 Å². The van der Waals surface area contributed by atoms with Crippen LogP contribution < -0.4 is 27.4 Å². The van der Waals surface area contributed by atoms with Crippen LogP contribution in [-0.4, -0.2) is 69.0 Å². The van der Waals surface area contributed by atoms with Gasteiger partial charge in [-0.15, -0.1) is 0 Å². The summed E-state index contributed by atoms with van der Waals surface area (Å²) in [5, 5.41) is 28.0. The maximum absolute atomic E-state index is 13.7. The third-order valence-corrected chi connectivity index (χ3v) is 7.67. The lowest BCUT2D eigenvalue weighted by molar-refractivity contribution is -0.142. The van der Waals surface area contributed by atoms with Crippen molar-refractivity contribution in [3.05, 3.63) is 102 Å². The predicted octanol–water partition coefficient (Wildman–Crippen LogP) is 1.03. The number of nitrogens with one attached hydrogen (secondary N) is 4. The number of H-pyrrole nitrogens is 1. The van der Waals surface area contributed by atoms with Gasteiger partial charge in [0.15, 0.2) is 0 Å². The molecule has 0 spiro atoms. The first kappa shape index (κ1) is 34.2. The maximum Gasteiger partial charge on any atom is 0.326 e. The van der Waals surface area contributed by atoms with Crippen LogP contribution in [0.1, 0.15) is 29.5 Å². The van der Waals surface area contributed by atoms with Crippen LogP contribution in [-0.2, 0) is 43.2 Å². The molecule has 0 aliphatic carbocycles. The number of hydrogen-bond acceptors (Lipinski definition) is 7. The molecule has 10 N–H and O–H groups in total. The number of hydrogen-bond donors (Lipinski definition) is 8. The lowest BCUT2D eigenvalue weighted by atomic mass is 10.0. The Hall–Kier alpha value is -5.69. The average molecular weight is 643 g/mol. The molecule has 13 nitrogen and oxygen atoms in total. The molecule has 0 saturated carbocycles. The van der Waals surface area contributed by atoms with E-state index in [0.717, 1.165) is 10.9 Å². The zero-order valence-corrected chi connectivity index (χ0v) is 25.5. The molecule has 4 aromatic rings. The quantitative estimate of drug-likeness (QED) is 0.0878. The second-order valence-corrected chi connectivity index (χ2v) is 11.3. The van der Waals surface area contributed by atoms with Crippen molar-refractivity contribution in [1.82, 2.24) is 20.9 Å². The lowest BCUT2D eigenvalue weighted by Crippen LogP contribution is -2.58. The molecule has 13 heteroatoms. The third-order valence-electron chi connectivity index (χ3n) is 7.67. The number of phenols is 1. The van der Waals surface area contributed by atoms with Gasteiger partial charge in [0.05, 0.1) is 6.04 Å². The van der Waals surface area contributed by atoms with Crippen LogP contribution in [0.4, 0.5) is 0 Å². The summed E-state index contributed by atoms with van der Waals surface area (Å²) in [4.78, 5) is 67.2. The lowest BCUT2D eigenvalue weighted by Gasteiger charge is -2.25. The number of phenolic OH excluding ortho intramolecular Hbond substituents is 1. The van der Waals surface area contributed by atoms with E-state index in [1.54, 1.807) is 48.7 Å². The molecule has 0 radical (unpaired) electrons. The van der Waals surface area contributed by atoms with E-state index in [1.165, 1.54) is 12.1 Å². The van der Waals surface area contributed by atoms with Crippen molar-refractivity contribution >= 4 is 40.5 Å². The molecule has 1 heterocycles. The van der Waals surface area contributed by atoms with Crippen LogP contribution in [0.25, 0.3) is 10.9 Å². The Morgan fingerprint density at radius 2 is 1.30 bits per heavy atom. The Balaban J connectivity index is 1.50. The van der Waals surface area contributed by atoms with Crippen LogP contribution in [0, 0.1) is 0 Å². The SMILES string of the molecule is NC(=O)CCC(NC(=O)C(Cc1ccccc1)NC(=O)C(N)Cc1ccc(O)cc1)C(=O)NC(Cc1c[nH]c2ccccc12)C(=O)O. The second-order valence-electron chi connectivity index (χ2n) is 11.3. The number of carboxylic acids is 1. The topological polar surface area (TPSA) is 230 Å². The molecule has 3 aromatic carbocycles. The average Bonchev–Trinajstić information content (AvgIpc) is 3.46. The number of aliphatic carboxylic acids is 1. The van der Waals surface area contributed by atoms with Gasteiger partial charge in [0.25, 0.3) is 0 Å². The van der Waals surface area contributed by atoms with Crippen molar-refractivity contribution < 1.29 is 34.2 Å². The van der Waals surface area contributed by atoms with Crippen LogP contribution >= 0.6 is 0 Å². The number of nitrogens with two attached hydrogens (primary N) is 2. The Labute approximate surface area is 270 Å². The molecule has 4 atom stereocenters. The second kappa shape index (κ2) is 16.0. The van der Waals surface area contributed by atoms with Gasteiger partial charge in [-0.2, -0.15) is 0 Å². The van der Waals surface area contributed by atoms with E-state index in [9.17, 15) is 34.2 Å². The number of amides is 4. The van der Waals surface area contributed by atoms with Crippen molar-refractivity contribution in [2.45, 2.75) is 56.3 Å². The zero-order chi connectivity index (χ0) is 33.9. The summed E-state index contributed by atoms with van der Waals surface area (Å²) in [7, 11) is 0. The zero-order valence-electron chi connectivity index (χ0n) is 25.5. The van der Waals surface area contributed by atoms with Gasteiger partial charge in [0, 0.05) is 36.4 Å². The summed E-state index contributed by atoms with van der Waals surface area (Å²) >= 11 is 0. The van der Waals surface area contributed by atoms with Gasteiger partial charge in [0.2, 0.25) is 23.6 Å². The van der Waals surface area contributed by atoms with Gasteiger partial charge in [-0.05, 0) is 47.7 Å². The Bertz CT molecular complexity index is 1710. The normalized spacial score (nSPS) is 13.6. The molecular weight excluding hydrogens is 604 g/mol. The highest BCUT2D eigenvalue weighted by atomic mass is 16.4. The summed E-state index contributed by atoms with van der Waals surface area (Å²) < 4.78 is 0. The van der Waals surface area contributed by atoms with E-state index in [-0.39, 0.29) is 37.9 Å². The number of primary amides is 1. The molecule has 4 amide bonds. The monoisotopic (exact) mass is 642 g/mol. The van der Waals surface area contributed by atoms with Crippen molar-refractivity contribution in [1.29, 1.82) is 0 Å². The van der Waals surface area contributed by atoms with Gasteiger partial charge in [-0.3, -0.25) is 19.2 Å². The van der Waals surface area contributed by atoms with Crippen molar-refractivity contribution in [2.75, 3.05) is 0 Å². The van der Waals surface area contributed by atoms with Crippen molar-refractivity contribution in [3.63, 3.8) is 0 Å². The highest BCUT2D eigenvalue weighted by Gasteiger charge is 2.31. The molecule has 1 aromatic heterocycles. The molecule has 4 rings (SSSR count). The van der Waals surface area contributed by atoms with Gasteiger partial charge >= 0.3 is 5.97 Å². The van der Waals surface area contributed by atoms with E-state index in [2.05, 4.69) is 20.9 Å². The number of carbonyl (C=O) groups excluding carboxylic acids is 4. The molecule has 0 aliphatic rings. The molecule has 0 fully saturated rings. The summed E-state index contributed by atoms with van der Waals surface area (Å²) in [6.07, 6.45) is 1.31. The number of aromatic hydroxyl groups is 1. The highest BCUT2D eigenvalue weighted by molar-refractivity contribution is 5.95. The minimum Gasteiger partial charge on any atom is -0.508 e. The molecule has 47 heavy (non-hydrogen) atoms. The van der Waals surface area contributed by atoms with Crippen LogP contribution in [0.5, 0.6) is 5.75 Å². The standard InChI is InChI=1S/C34H38N6O7/c35-25(16-21-10-12-23(41)13-11-21)31(43)39-28(17-20-6-2-1-3-7-20)33(45)38-27(14-15-30(36)42)32(44)40-29(34(46)47)18-22-19-37-26-9-5-4-8-24(22)26/h1-13,19,25,27-29,37,41H,14-18,35H2,(H2,36,42)(H,38,45)(H,39,43)(H,40,44)(H,46,47). The predicted molar refractivity (Wildman–Crippen MR) is 174 cm³/mol. The maximum atomic E-state index is 13.7. The van der Waals surface area contributed by atoms with E-state index in [0.29, 0.717) is 16.7 Å². The smallest absolute Gasteiger partial charge is 0.326 e. The summed E-state index contributed by atoms with van der Waals surface area (Å²) in [5.41, 5.74) is 14.4. The van der Waals surface area contributed by atoms with Crippen LogP contribution in [0.15, 0.2) is 85.1 Å². The fraction of sp³-hybridized carbons (Fsp3) is 0.265. The number of benzene rings is 3. The highest BCUT2D eigenvalue weighted by Crippen LogP contribution is 2.19. The fourth-order valence-corrected chi connectivity index (χ4v) is 5.14. The first-order chi connectivity index (χ1) is 22.5. The molecule has 246 valence electrons. The Kier molecular flexibility index (Phi) is 11.7. The molecule has 0 aliphatic heterocycles. The number of aromatic amines is 1. The number of rotatable bonds is 16. The third kappa shape index (κ3) is 9.90. The molecule has 4 unspecified atom stereocenters. The minimum absolute atomic E-state index is 0.0484. The van der Waals surface area contributed by atoms with E-state index >= 15 is 0 Å². The Morgan fingerprint density at radius 3 is 1.98 bits per heavy atom.